The molecule has 142 valence electrons. The highest BCUT2D eigenvalue weighted by molar-refractivity contribution is 9.10. The Balaban J connectivity index is 1.48. The van der Waals surface area contributed by atoms with E-state index >= 15 is 0 Å². The van der Waals surface area contributed by atoms with Crippen molar-refractivity contribution in [2.24, 2.45) is 0 Å². The molecule has 0 unspecified atom stereocenters. The molecule has 0 aliphatic carbocycles. The van der Waals surface area contributed by atoms with Crippen LogP contribution in [0.5, 0.6) is 0 Å². The molecule has 0 atom stereocenters. The first-order valence-electron chi connectivity index (χ1n) is 9.10. The third-order valence-electron chi connectivity index (χ3n) is 4.48. The molecule has 1 saturated heterocycles. The molecule has 0 saturated carbocycles. The second kappa shape index (κ2) is 8.75. The Kier molecular flexibility index (Phi) is 5.92. The number of amides is 1. The third-order valence-corrected chi connectivity index (χ3v) is 5.98. The van der Waals surface area contributed by atoms with Gasteiger partial charge in [0.1, 0.15) is 10.8 Å². The molecule has 3 aromatic rings. The van der Waals surface area contributed by atoms with Crippen LogP contribution in [0.4, 0.5) is 11.5 Å². The van der Waals surface area contributed by atoms with E-state index in [0.29, 0.717) is 11.3 Å². The monoisotopic (exact) mass is 454 g/mol. The highest BCUT2D eigenvalue weighted by Crippen LogP contribution is 2.30. The van der Waals surface area contributed by atoms with E-state index in [1.54, 1.807) is 12.4 Å². The molecule has 2 aromatic heterocycles. The molecular weight excluding hydrogens is 436 g/mol. The Morgan fingerprint density at radius 1 is 1.00 bits per heavy atom. The summed E-state index contributed by atoms with van der Waals surface area (Å²) in [5.74, 6) is 0.809. The van der Waals surface area contributed by atoms with Crippen LogP contribution in [-0.4, -0.2) is 29.0 Å². The standard InChI is InChI=1S/C21H19BrN4OS/c22-15-7-10-20(24-13-15)28-18-6-2-1-5-17(18)21(27)25-16-8-9-19(23-14-16)26-11-3-4-12-26/h1-2,5-10,13-14H,3-4,11-12H2,(H,25,27). The zero-order chi connectivity index (χ0) is 19.3. The molecule has 1 aromatic carbocycles. The van der Waals surface area contributed by atoms with Gasteiger partial charge in [0, 0.05) is 28.7 Å². The Morgan fingerprint density at radius 2 is 1.82 bits per heavy atom. The SMILES string of the molecule is O=C(Nc1ccc(N2CCCC2)nc1)c1ccccc1Sc1ccc(Br)cn1. The summed E-state index contributed by atoms with van der Waals surface area (Å²) < 4.78 is 0.924. The summed E-state index contributed by atoms with van der Waals surface area (Å²) in [4.78, 5) is 24.8. The van der Waals surface area contributed by atoms with Crippen LogP contribution in [-0.2, 0) is 0 Å². The van der Waals surface area contributed by atoms with Crippen LogP contribution in [0.3, 0.4) is 0 Å². The summed E-state index contributed by atoms with van der Waals surface area (Å²) >= 11 is 4.85. The van der Waals surface area contributed by atoms with Gasteiger partial charge in [0.25, 0.3) is 5.91 Å². The van der Waals surface area contributed by atoms with Crippen molar-refractivity contribution < 1.29 is 4.79 Å². The Hall–Kier alpha value is -2.38. The van der Waals surface area contributed by atoms with Gasteiger partial charge in [-0.3, -0.25) is 4.79 Å². The fourth-order valence-electron chi connectivity index (χ4n) is 3.07. The maximum absolute atomic E-state index is 12.8. The van der Waals surface area contributed by atoms with Crippen LogP contribution in [0.25, 0.3) is 0 Å². The highest BCUT2D eigenvalue weighted by atomic mass is 79.9. The fraction of sp³-hybridized carbons (Fsp3) is 0.190. The number of nitrogens with zero attached hydrogens (tertiary/aromatic N) is 3. The summed E-state index contributed by atoms with van der Waals surface area (Å²) in [5.41, 5.74) is 1.30. The highest BCUT2D eigenvalue weighted by Gasteiger charge is 2.15. The van der Waals surface area contributed by atoms with Gasteiger partial charge in [-0.15, -0.1) is 0 Å². The quantitative estimate of drug-likeness (QED) is 0.570. The van der Waals surface area contributed by atoms with E-state index in [0.717, 1.165) is 33.3 Å². The molecule has 7 heteroatoms. The molecule has 1 amide bonds. The van der Waals surface area contributed by atoms with Gasteiger partial charge < -0.3 is 10.2 Å². The van der Waals surface area contributed by atoms with Crippen molar-refractivity contribution in [2.45, 2.75) is 22.8 Å². The van der Waals surface area contributed by atoms with Crippen molar-refractivity contribution in [3.63, 3.8) is 0 Å². The van der Waals surface area contributed by atoms with Crippen molar-refractivity contribution in [3.05, 3.63) is 71.0 Å². The van der Waals surface area contributed by atoms with Crippen molar-refractivity contribution >= 4 is 45.1 Å². The van der Waals surface area contributed by atoms with E-state index in [1.165, 1.54) is 24.6 Å². The average Bonchev–Trinajstić information content (AvgIpc) is 3.25. The normalized spacial score (nSPS) is 13.5. The van der Waals surface area contributed by atoms with Gasteiger partial charge >= 0.3 is 0 Å². The first-order chi connectivity index (χ1) is 13.7. The van der Waals surface area contributed by atoms with Crippen LogP contribution >= 0.6 is 27.7 Å². The summed E-state index contributed by atoms with van der Waals surface area (Å²) in [6, 6.07) is 15.3. The number of halogens is 1. The van der Waals surface area contributed by atoms with Gasteiger partial charge in [-0.05, 0) is 65.2 Å². The predicted molar refractivity (Wildman–Crippen MR) is 116 cm³/mol. The number of aromatic nitrogens is 2. The molecule has 1 fully saturated rings. The number of rotatable bonds is 5. The van der Waals surface area contributed by atoms with Crippen LogP contribution in [0.2, 0.25) is 0 Å². The number of nitrogens with one attached hydrogen (secondary N) is 1. The number of carbonyl (C=O) groups excluding carboxylic acids is 1. The van der Waals surface area contributed by atoms with Crippen LogP contribution < -0.4 is 10.2 Å². The van der Waals surface area contributed by atoms with Crippen LogP contribution in [0.1, 0.15) is 23.2 Å². The molecule has 28 heavy (non-hydrogen) atoms. The number of pyridine rings is 2. The topological polar surface area (TPSA) is 58.1 Å². The fourth-order valence-corrected chi connectivity index (χ4v) is 4.19. The molecular formula is C21H19BrN4OS. The average molecular weight is 455 g/mol. The summed E-state index contributed by atoms with van der Waals surface area (Å²) in [6.45, 7) is 2.10. The Bertz CT molecular complexity index is 957. The molecule has 0 spiro atoms. The lowest BCUT2D eigenvalue weighted by atomic mass is 10.2. The van der Waals surface area contributed by atoms with Crippen molar-refractivity contribution in [1.82, 2.24) is 9.97 Å². The number of hydrogen-bond donors (Lipinski definition) is 1. The minimum Gasteiger partial charge on any atom is -0.357 e. The zero-order valence-corrected chi connectivity index (χ0v) is 17.5. The van der Waals surface area contributed by atoms with Crippen molar-refractivity contribution in [1.29, 1.82) is 0 Å². The molecule has 0 radical (unpaired) electrons. The van der Waals surface area contributed by atoms with Gasteiger partial charge in [0.05, 0.1) is 17.4 Å². The summed E-state index contributed by atoms with van der Waals surface area (Å²) in [7, 11) is 0. The lowest BCUT2D eigenvalue weighted by Gasteiger charge is -2.16. The molecule has 0 bridgehead atoms. The molecule has 1 N–H and O–H groups in total. The van der Waals surface area contributed by atoms with Gasteiger partial charge in [-0.25, -0.2) is 9.97 Å². The summed E-state index contributed by atoms with van der Waals surface area (Å²) in [6.07, 6.45) is 5.89. The van der Waals surface area contributed by atoms with E-state index in [1.807, 2.05) is 48.5 Å². The largest absolute Gasteiger partial charge is 0.357 e. The smallest absolute Gasteiger partial charge is 0.256 e. The molecule has 1 aliphatic rings. The van der Waals surface area contributed by atoms with Crippen molar-refractivity contribution in [2.75, 3.05) is 23.3 Å². The first-order valence-corrected chi connectivity index (χ1v) is 10.7. The molecule has 1 aliphatic heterocycles. The molecule has 5 nitrogen and oxygen atoms in total. The lowest BCUT2D eigenvalue weighted by Crippen LogP contribution is -2.19. The number of benzene rings is 1. The van der Waals surface area contributed by atoms with Gasteiger partial charge in [0.2, 0.25) is 0 Å². The Labute approximate surface area is 176 Å². The second-order valence-electron chi connectivity index (χ2n) is 6.47. The van der Waals surface area contributed by atoms with E-state index in [4.69, 9.17) is 0 Å². The van der Waals surface area contributed by atoms with Crippen molar-refractivity contribution in [3.8, 4) is 0 Å². The van der Waals surface area contributed by atoms with E-state index < -0.39 is 0 Å². The minimum atomic E-state index is -0.157. The third kappa shape index (κ3) is 4.54. The molecule has 3 heterocycles. The number of carbonyl (C=O) groups is 1. The van der Waals surface area contributed by atoms with Gasteiger partial charge in [0.15, 0.2) is 0 Å². The first kappa shape index (κ1) is 19.0. The van der Waals surface area contributed by atoms with E-state index in [9.17, 15) is 4.79 Å². The number of hydrogen-bond acceptors (Lipinski definition) is 5. The van der Waals surface area contributed by atoms with Gasteiger partial charge in [-0.2, -0.15) is 0 Å². The Morgan fingerprint density at radius 3 is 2.54 bits per heavy atom. The van der Waals surface area contributed by atoms with Crippen LogP contribution in [0, 0.1) is 0 Å². The van der Waals surface area contributed by atoms with Crippen LogP contribution in [0.15, 0.2) is 75.3 Å². The predicted octanol–water partition coefficient (Wildman–Crippen LogP) is 5.24. The second-order valence-corrected chi connectivity index (χ2v) is 8.44. The molecule has 4 rings (SSSR count). The van der Waals surface area contributed by atoms with E-state index in [-0.39, 0.29) is 5.91 Å². The maximum Gasteiger partial charge on any atom is 0.256 e. The maximum atomic E-state index is 12.8. The van der Waals surface area contributed by atoms with E-state index in [2.05, 4.69) is 36.1 Å². The lowest BCUT2D eigenvalue weighted by molar-refractivity contribution is 0.102. The number of anilines is 2. The minimum absolute atomic E-state index is 0.157. The summed E-state index contributed by atoms with van der Waals surface area (Å²) in [5, 5.41) is 3.78. The van der Waals surface area contributed by atoms with Gasteiger partial charge in [-0.1, -0.05) is 23.9 Å². The zero-order valence-electron chi connectivity index (χ0n) is 15.1.